The molecular formula is C34H21BN2. The van der Waals surface area contributed by atoms with E-state index in [0.717, 1.165) is 0 Å². The number of nitrogens with zero attached hydrogens (tertiary/aromatic N) is 2. The summed E-state index contributed by atoms with van der Waals surface area (Å²) in [5.74, 6) is 0. The third-order valence-electron chi connectivity index (χ3n) is 8.35. The maximum Gasteiger partial charge on any atom is 0.248 e. The minimum Gasteiger partial charge on any atom is -0.311 e. The van der Waals surface area contributed by atoms with Crippen molar-refractivity contribution in [2.45, 2.75) is 0 Å². The lowest BCUT2D eigenvalue weighted by Crippen LogP contribution is -2.58. The summed E-state index contributed by atoms with van der Waals surface area (Å²) < 4.78 is 2.46. The fraction of sp³-hybridized carbons (Fsp3) is 0. The molecule has 0 unspecified atom stereocenters. The van der Waals surface area contributed by atoms with Gasteiger partial charge in [-0.25, -0.2) is 0 Å². The quantitative estimate of drug-likeness (QED) is 0.261. The molecule has 170 valence electrons. The summed E-state index contributed by atoms with van der Waals surface area (Å²) in [6.45, 7) is 0.197. The predicted octanol–water partition coefficient (Wildman–Crippen LogP) is 6.55. The van der Waals surface area contributed by atoms with Gasteiger partial charge in [0.15, 0.2) is 0 Å². The number of hydrogen-bond acceptors (Lipinski definition) is 1. The first-order chi connectivity index (χ1) is 18.4. The van der Waals surface area contributed by atoms with Crippen molar-refractivity contribution in [3.8, 4) is 5.69 Å². The normalized spacial score (nSPS) is 13.3. The molecule has 6 aromatic carbocycles. The van der Waals surface area contributed by atoms with Gasteiger partial charge in [0.2, 0.25) is 6.71 Å². The molecule has 0 bridgehead atoms. The van der Waals surface area contributed by atoms with Crippen LogP contribution in [0.3, 0.4) is 0 Å². The Morgan fingerprint density at radius 3 is 1.95 bits per heavy atom. The third kappa shape index (κ3) is 2.37. The molecule has 1 aromatic heterocycles. The van der Waals surface area contributed by atoms with Gasteiger partial charge in [-0.1, -0.05) is 84.3 Å². The molecule has 2 aliphatic heterocycles. The molecule has 3 heteroatoms. The van der Waals surface area contributed by atoms with Gasteiger partial charge in [-0.2, -0.15) is 0 Å². The Balaban J connectivity index is 1.53. The standard InChI is InChI=1S/C34H21BN2/c1-3-11-23(12-4-1)36-27-17-8-7-15-25(27)35-26-16-9-10-22-18-19-28-32(31(22)26)33-29(20-21-30(36)34(33)35)37(28)24-13-5-2-6-14-24/h1-21H. The van der Waals surface area contributed by atoms with Crippen molar-refractivity contribution in [1.29, 1.82) is 0 Å². The van der Waals surface area contributed by atoms with Crippen molar-refractivity contribution in [2.24, 2.45) is 0 Å². The number of fused-ring (bicyclic) bond motifs is 3. The first kappa shape index (κ1) is 19.4. The van der Waals surface area contributed by atoms with E-state index in [-0.39, 0.29) is 6.71 Å². The van der Waals surface area contributed by atoms with Crippen molar-refractivity contribution >= 4 is 72.7 Å². The van der Waals surface area contributed by atoms with Gasteiger partial charge >= 0.3 is 0 Å². The molecule has 0 aliphatic carbocycles. The number of hydrogen-bond donors (Lipinski definition) is 0. The number of benzene rings is 6. The van der Waals surface area contributed by atoms with Crippen LogP contribution in [-0.4, -0.2) is 11.3 Å². The minimum atomic E-state index is 0.197. The second-order valence-electron chi connectivity index (χ2n) is 10.1. The highest BCUT2D eigenvalue weighted by Crippen LogP contribution is 2.44. The topological polar surface area (TPSA) is 8.17 Å². The van der Waals surface area contributed by atoms with Gasteiger partial charge < -0.3 is 9.47 Å². The van der Waals surface area contributed by atoms with Crippen molar-refractivity contribution in [1.82, 2.24) is 4.57 Å². The Hall–Kier alpha value is -4.76. The van der Waals surface area contributed by atoms with Crippen LogP contribution in [0.4, 0.5) is 17.1 Å². The van der Waals surface area contributed by atoms with Gasteiger partial charge in [0.25, 0.3) is 0 Å². The fourth-order valence-electron chi connectivity index (χ4n) is 6.99. The first-order valence-corrected chi connectivity index (χ1v) is 12.9. The van der Waals surface area contributed by atoms with E-state index < -0.39 is 0 Å². The average molecular weight is 468 g/mol. The maximum absolute atomic E-state index is 2.46. The molecule has 0 fully saturated rings. The molecule has 0 N–H and O–H groups in total. The van der Waals surface area contributed by atoms with E-state index in [1.54, 1.807) is 0 Å². The van der Waals surface area contributed by atoms with E-state index in [1.807, 2.05) is 0 Å². The van der Waals surface area contributed by atoms with Crippen LogP contribution < -0.4 is 21.3 Å². The lowest BCUT2D eigenvalue weighted by molar-refractivity contribution is 1.18. The van der Waals surface area contributed by atoms with Crippen LogP contribution in [0.1, 0.15) is 0 Å². The zero-order chi connectivity index (χ0) is 24.1. The Morgan fingerprint density at radius 2 is 1.11 bits per heavy atom. The summed E-state index contributed by atoms with van der Waals surface area (Å²) in [5.41, 5.74) is 11.7. The summed E-state index contributed by atoms with van der Waals surface area (Å²) in [7, 11) is 0. The van der Waals surface area contributed by atoms with Crippen LogP contribution in [0.25, 0.3) is 38.3 Å². The molecule has 3 heterocycles. The first-order valence-electron chi connectivity index (χ1n) is 12.9. The van der Waals surface area contributed by atoms with Crippen LogP contribution in [-0.2, 0) is 0 Å². The van der Waals surface area contributed by atoms with Crippen molar-refractivity contribution in [2.75, 3.05) is 4.90 Å². The van der Waals surface area contributed by atoms with E-state index in [4.69, 9.17) is 0 Å². The Kier molecular flexibility index (Phi) is 3.64. The van der Waals surface area contributed by atoms with Crippen molar-refractivity contribution < 1.29 is 0 Å². The van der Waals surface area contributed by atoms with Crippen molar-refractivity contribution in [3.05, 3.63) is 127 Å². The molecule has 2 aliphatic rings. The summed E-state index contributed by atoms with van der Waals surface area (Å²) >= 11 is 0. The van der Waals surface area contributed by atoms with E-state index in [2.05, 4.69) is 137 Å². The highest BCUT2D eigenvalue weighted by molar-refractivity contribution is 7.02. The SMILES string of the molecule is c1ccc(N2c3ccccc3B3c4cccc5ccc6c(c45)c4c3c2ccc4n6-c2ccccc2)cc1. The van der Waals surface area contributed by atoms with E-state index in [1.165, 1.54) is 71.7 Å². The lowest BCUT2D eigenvalue weighted by Gasteiger charge is -2.38. The zero-order valence-corrected chi connectivity index (χ0v) is 20.1. The summed E-state index contributed by atoms with van der Waals surface area (Å²) in [6.07, 6.45) is 0. The largest absolute Gasteiger partial charge is 0.311 e. The fourth-order valence-corrected chi connectivity index (χ4v) is 6.99. The lowest BCUT2D eigenvalue weighted by atomic mass is 9.33. The van der Waals surface area contributed by atoms with E-state index in [0.29, 0.717) is 0 Å². The average Bonchev–Trinajstić information content (AvgIpc) is 3.32. The third-order valence-corrected chi connectivity index (χ3v) is 8.35. The smallest absolute Gasteiger partial charge is 0.248 e. The molecule has 0 saturated heterocycles. The van der Waals surface area contributed by atoms with Crippen LogP contribution in [0.15, 0.2) is 127 Å². The summed E-state index contributed by atoms with van der Waals surface area (Å²) in [6, 6.07) is 46.7. The number of aromatic nitrogens is 1. The minimum absolute atomic E-state index is 0.197. The van der Waals surface area contributed by atoms with Gasteiger partial charge in [-0.05, 0) is 70.2 Å². The number of anilines is 3. The monoisotopic (exact) mass is 468 g/mol. The molecule has 0 saturated carbocycles. The van der Waals surface area contributed by atoms with Gasteiger partial charge in [0.05, 0.1) is 11.0 Å². The van der Waals surface area contributed by atoms with Gasteiger partial charge in [-0.3, -0.25) is 0 Å². The maximum atomic E-state index is 2.46. The van der Waals surface area contributed by atoms with Crippen LogP contribution in [0.2, 0.25) is 0 Å². The van der Waals surface area contributed by atoms with E-state index in [9.17, 15) is 0 Å². The second kappa shape index (κ2) is 6.92. The summed E-state index contributed by atoms with van der Waals surface area (Å²) in [5, 5.41) is 5.49. The number of para-hydroxylation sites is 3. The molecule has 0 amide bonds. The molecular weight excluding hydrogens is 447 g/mol. The Labute approximate surface area is 215 Å². The van der Waals surface area contributed by atoms with Crippen LogP contribution in [0.5, 0.6) is 0 Å². The predicted molar refractivity (Wildman–Crippen MR) is 158 cm³/mol. The number of rotatable bonds is 2. The van der Waals surface area contributed by atoms with E-state index >= 15 is 0 Å². The highest BCUT2D eigenvalue weighted by Gasteiger charge is 2.41. The second-order valence-corrected chi connectivity index (χ2v) is 10.1. The zero-order valence-electron chi connectivity index (χ0n) is 20.1. The summed E-state index contributed by atoms with van der Waals surface area (Å²) in [4.78, 5) is 2.46. The molecule has 2 nitrogen and oxygen atoms in total. The molecule has 9 rings (SSSR count). The Morgan fingerprint density at radius 1 is 0.432 bits per heavy atom. The van der Waals surface area contributed by atoms with Gasteiger partial charge in [-0.15, -0.1) is 0 Å². The molecule has 0 radical (unpaired) electrons. The molecule has 37 heavy (non-hydrogen) atoms. The van der Waals surface area contributed by atoms with Gasteiger partial charge in [0.1, 0.15) is 0 Å². The van der Waals surface area contributed by atoms with Crippen molar-refractivity contribution in [3.63, 3.8) is 0 Å². The van der Waals surface area contributed by atoms with Crippen LogP contribution in [0, 0.1) is 0 Å². The van der Waals surface area contributed by atoms with Gasteiger partial charge in [0, 0.05) is 33.5 Å². The molecule has 0 atom stereocenters. The molecule has 7 aromatic rings. The molecule has 0 spiro atoms. The highest BCUT2D eigenvalue weighted by atomic mass is 15.2. The van der Waals surface area contributed by atoms with Crippen LogP contribution >= 0.6 is 0 Å². The Bertz CT molecular complexity index is 2040.